The Balaban J connectivity index is 2.29. The third-order valence-electron chi connectivity index (χ3n) is 3.54. The van der Waals surface area contributed by atoms with Gasteiger partial charge in [0.05, 0.1) is 6.61 Å². The third-order valence-corrected chi connectivity index (χ3v) is 3.54. The predicted octanol–water partition coefficient (Wildman–Crippen LogP) is 1.97. The van der Waals surface area contributed by atoms with Crippen molar-refractivity contribution in [2.75, 3.05) is 18.1 Å². The van der Waals surface area contributed by atoms with Crippen LogP contribution in [0.25, 0.3) is 0 Å². The second-order valence-electron chi connectivity index (χ2n) is 6.94. The van der Waals surface area contributed by atoms with Gasteiger partial charge in [0, 0.05) is 25.2 Å². The minimum Gasteiger partial charge on any atom is -0.457 e. The fraction of sp³-hybridized carbons (Fsp3) is 0.500. The topological polar surface area (TPSA) is 82.1 Å². The van der Waals surface area contributed by atoms with E-state index in [4.69, 9.17) is 14.2 Å². The zero-order valence-electron chi connectivity index (χ0n) is 15.5. The summed E-state index contributed by atoms with van der Waals surface area (Å²) in [7, 11) is 0. The van der Waals surface area contributed by atoms with Gasteiger partial charge >= 0.3 is 11.9 Å². The number of benzene rings is 1. The standard InChI is InChI=1S/C18H21F2NO6/c1-10(22)26-15(17(24)27-18(2,3)4)14-16(23)21(7-8-25-14)11-5-6-12(19)13(20)9-11/h5-6,9,14-15H,7-8H2,1-4H3/t14-,15-/m1/s1. The Morgan fingerprint density at radius 1 is 1.26 bits per heavy atom. The van der Waals surface area contributed by atoms with E-state index in [9.17, 15) is 23.2 Å². The van der Waals surface area contributed by atoms with Crippen molar-refractivity contribution in [3.63, 3.8) is 0 Å². The summed E-state index contributed by atoms with van der Waals surface area (Å²) in [6.45, 7) is 5.99. The zero-order chi connectivity index (χ0) is 20.4. The molecule has 1 saturated heterocycles. The van der Waals surface area contributed by atoms with Gasteiger partial charge in [-0.1, -0.05) is 0 Å². The normalized spacial score (nSPS) is 18.8. The highest BCUT2D eigenvalue weighted by molar-refractivity contribution is 6.00. The van der Waals surface area contributed by atoms with Gasteiger partial charge in [0.25, 0.3) is 5.91 Å². The summed E-state index contributed by atoms with van der Waals surface area (Å²) >= 11 is 0. The van der Waals surface area contributed by atoms with E-state index in [1.165, 1.54) is 6.07 Å². The van der Waals surface area contributed by atoms with Crippen LogP contribution < -0.4 is 4.90 Å². The average Bonchev–Trinajstić information content (AvgIpc) is 2.54. The quantitative estimate of drug-likeness (QED) is 0.737. The number of hydrogen-bond donors (Lipinski definition) is 0. The number of morpholine rings is 1. The molecule has 0 saturated carbocycles. The maximum atomic E-state index is 13.5. The number of amides is 1. The summed E-state index contributed by atoms with van der Waals surface area (Å²) in [6.07, 6.45) is -3.09. The molecule has 1 fully saturated rings. The van der Waals surface area contributed by atoms with E-state index in [1.54, 1.807) is 20.8 Å². The maximum Gasteiger partial charge on any atom is 0.351 e. The molecule has 1 heterocycles. The van der Waals surface area contributed by atoms with Crippen molar-refractivity contribution in [2.45, 2.75) is 45.5 Å². The number of carbonyl (C=O) groups is 3. The summed E-state index contributed by atoms with van der Waals surface area (Å²) in [5, 5.41) is 0. The monoisotopic (exact) mass is 385 g/mol. The van der Waals surface area contributed by atoms with Crippen molar-refractivity contribution in [3.8, 4) is 0 Å². The summed E-state index contributed by atoms with van der Waals surface area (Å²) in [5.74, 6) is -4.64. The molecule has 2 rings (SSSR count). The minimum atomic E-state index is -1.62. The number of halogens is 2. The van der Waals surface area contributed by atoms with E-state index in [2.05, 4.69) is 0 Å². The number of nitrogens with zero attached hydrogens (tertiary/aromatic N) is 1. The number of anilines is 1. The van der Waals surface area contributed by atoms with Crippen LogP contribution in [-0.2, 0) is 28.6 Å². The first-order chi connectivity index (χ1) is 12.5. The lowest BCUT2D eigenvalue weighted by Gasteiger charge is -2.35. The molecule has 1 aliphatic heterocycles. The minimum absolute atomic E-state index is 0.00400. The molecule has 7 nitrogen and oxygen atoms in total. The highest BCUT2D eigenvalue weighted by Gasteiger charge is 2.44. The molecular weight excluding hydrogens is 364 g/mol. The highest BCUT2D eigenvalue weighted by Crippen LogP contribution is 2.24. The molecule has 0 unspecified atom stereocenters. The lowest BCUT2D eigenvalue weighted by Crippen LogP contribution is -2.56. The van der Waals surface area contributed by atoms with Crippen molar-refractivity contribution < 1.29 is 37.4 Å². The number of carbonyl (C=O) groups excluding carboxylic acids is 3. The van der Waals surface area contributed by atoms with Crippen LogP contribution in [0.3, 0.4) is 0 Å². The largest absolute Gasteiger partial charge is 0.457 e. The van der Waals surface area contributed by atoms with Gasteiger partial charge in [0.2, 0.25) is 6.10 Å². The summed E-state index contributed by atoms with van der Waals surface area (Å²) in [5.41, 5.74) is -0.787. The Bertz CT molecular complexity index is 746. The Labute approximate surface area is 155 Å². The van der Waals surface area contributed by atoms with Crippen molar-refractivity contribution in [3.05, 3.63) is 29.8 Å². The average molecular weight is 385 g/mol. The van der Waals surface area contributed by atoms with E-state index >= 15 is 0 Å². The van der Waals surface area contributed by atoms with Crippen LogP contribution in [0.4, 0.5) is 14.5 Å². The smallest absolute Gasteiger partial charge is 0.351 e. The van der Waals surface area contributed by atoms with E-state index in [1.807, 2.05) is 0 Å². The summed E-state index contributed by atoms with van der Waals surface area (Å²) < 4.78 is 42.2. The van der Waals surface area contributed by atoms with Crippen LogP contribution >= 0.6 is 0 Å². The van der Waals surface area contributed by atoms with Gasteiger partial charge in [-0.05, 0) is 32.9 Å². The number of hydrogen-bond acceptors (Lipinski definition) is 6. The fourth-order valence-corrected chi connectivity index (χ4v) is 2.50. The van der Waals surface area contributed by atoms with Gasteiger partial charge in [-0.25, -0.2) is 13.6 Å². The fourth-order valence-electron chi connectivity index (χ4n) is 2.50. The molecule has 0 aliphatic carbocycles. The molecule has 1 aromatic rings. The van der Waals surface area contributed by atoms with E-state index in [0.717, 1.165) is 24.0 Å². The maximum absolute atomic E-state index is 13.5. The van der Waals surface area contributed by atoms with Gasteiger partial charge in [-0.2, -0.15) is 0 Å². The van der Waals surface area contributed by atoms with Crippen LogP contribution in [0.2, 0.25) is 0 Å². The van der Waals surface area contributed by atoms with Crippen LogP contribution in [-0.4, -0.2) is 48.8 Å². The molecule has 148 valence electrons. The van der Waals surface area contributed by atoms with Gasteiger partial charge in [-0.15, -0.1) is 0 Å². The highest BCUT2D eigenvalue weighted by atomic mass is 19.2. The summed E-state index contributed by atoms with van der Waals surface area (Å²) in [4.78, 5) is 37.8. The Kier molecular flexibility index (Phi) is 6.15. The lowest BCUT2D eigenvalue weighted by molar-refractivity contribution is -0.188. The molecule has 0 radical (unpaired) electrons. The molecule has 27 heavy (non-hydrogen) atoms. The first-order valence-corrected chi connectivity index (χ1v) is 8.27. The first kappa shape index (κ1) is 20.8. The number of ether oxygens (including phenoxy) is 3. The van der Waals surface area contributed by atoms with Crippen molar-refractivity contribution in [1.82, 2.24) is 0 Å². The molecule has 1 aliphatic rings. The Morgan fingerprint density at radius 2 is 1.93 bits per heavy atom. The molecule has 0 N–H and O–H groups in total. The summed E-state index contributed by atoms with van der Waals surface area (Å²) in [6, 6.07) is 2.98. The second kappa shape index (κ2) is 7.99. The van der Waals surface area contributed by atoms with Crippen LogP contribution in [0.5, 0.6) is 0 Å². The predicted molar refractivity (Wildman–Crippen MR) is 89.9 cm³/mol. The molecule has 0 bridgehead atoms. The van der Waals surface area contributed by atoms with Crippen molar-refractivity contribution >= 4 is 23.5 Å². The molecule has 2 atom stereocenters. The lowest BCUT2D eigenvalue weighted by atomic mass is 10.1. The first-order valence-electron chi connectivity index (χ1n) is 8.27. The molecule has 0 aromatic heterocycles. The third kappa shape index (κ3) is 5.22. The van der Waals surface area contributed by atoms with Crippen molar-refractivity contribution in [1.29, 1.82) is 0 Å². The Hall–Kier alpha value is -2.55. The Morgan fingerprint density at radius 3 is 2.48 bits per heavy atom. The van der Waals surface area contributed by atoms with E-state index < -0.39 is 47.3 Å². The van der Waals surface area contributed by atoms with Crippen LogP contribution in [0, 0.1) is 11.6 Å². The van der Waals surface area contributed by atoms with Gasteiger partial charge < -0.3 is 19.1 Å². The molecular formula is C18H21F2NO6. The van der Waals surface area contributed by atoms with Gasteiger partial charge in [0.15, 0.2) is 17.7 Å². The SMILES string of the molecule is CC(=O)O[C@@H](C(=O)OC(C)(C)C)[C@H]1OCCN(c2ccc(F)c(F)c2)C1=O. The zero-order valence-corrected chi connectivity index (χ0v) is 15.5. The van der Waals surface area contributed by atoms with E-state index in [0.29, 0.717) is 0 Å². The van der Waals surface area contributed by atoms with Crippen molar-refractivity contribution in [2.24, 2.45) is 0 Å². The van der Waals surface area contributed by atoms with Gasteiger partial charge in [0.1, 0.15) is 5.60 Å². The molecule has 0 spiro atoms. The van der Waals surface area contributed by atoms with Crippen LogP contribution in [0.1, 0.15) is 27.7 Å². The molecule has 1 amide bonds. The number of rotatable bonds is 4. The van der Waals surface area contributed by atoms with Crippen LogP contribution in [0.15, 0.2) is 18.2 Å². The van der Waals surface area contributed by atoms with E-state index in [-0.39, 0.29) is 18.8 Å². The molecule has 1 aromatic carbocycles. The van der Waals surface area contributed by atoms with Gasteiger partial charge in [-0.3, -0.25) is 9.59 Å². The second-order valence-corrected chi connectivity index (χ2v) is 6.94. The molecule has 9 heteroatoms. The number of esters is 2.